The number of amides is 2. The summed E-state index contributed by atoms with van der Waals surface area (Å²) in [5.41, 5.74) is 1.09. The lowest BCUT2D eigenvalue weighted by molar-refractivity contribution is -0.126. The Morgan fingerprint density at radius 1 is 1.29 bits per heavy atom. The third-order valence-corrected chi connectivity index (χ3v) is 5.02. The number of benzene rings is 1. The second-order valence-electron chi connectivity index (χ2n) is 5.67. The number of hydrogen-bond donors (Lipinski definition) is 1. The van der Waals surface area contributed by atoms with Crippen LogP contribution in [0.1, 0.15) is 29.8 Å². The second kappa shape index (κ2) is 7.09. The van der Waals surface area contributed by atoms with Crippen LogP contribution in [0.5, 0.6) is 0 Å². The van der Waals surface area contributed by atoms with E-state index in [1.807, 2.05) is 0 Å². The first-order valence-electron chi connectivity index (χ1n) is 7.84. The smallest absolute Gasteiger partial charge is 0.274 e. The van der Waals surface area contributed by atoms with Gasteiger partial charge in [-0.3, -0.25) is 9.59 Å². The lowest BCUT2D eigenvalue weighted by Crippen LogP contribution is -2.51. The minimum Gasteiger partial charge on any atom is -0.357 e. The zero-order chi connectivity index (χ0) is 17.1. The molecule has 126 valence electrons. The van der Waals surface area contributed by atoms with Gasteiger partial charge in [-0.2, -0.15) is 0 Å². The maximum Gasteiger partial charge on any atom is 0.274 e. The Kier molecular flexibility index (Phi) is 4.89. The summed E-state index contributed by atoms with van der Waals surface area (Å²) in [5, 5.41) is 4.97. The van der Waals surface area contributed by atoms with E-state index in [-0.39, 0.29) is 17.6 Å². The van der Waals surface area contributed by atoms with Crippen LogP contribution in [0.3, 0.4) is 0 Å². The van der Waals surface area contributed by atoms with Gasteiger partial charge in [0.15, 0.2) is 0 Å². The Morgan fingerprint density at radius 3 is 2.75 bits per heavy atom. The summed E-state index contributed by atoms with van der Waals surface area (Å²) in [6.07, 6.45) is 2.48. The minimum absolute atomic E-state index is 0.142. The quantitative estimate of drug-likeness (QED) is 0.928. The number of aromatic nitrogens is 1. The standard InChI is InChI=1S/C17H18FN3O2S/c1-19-15(22)14-4-2-3-9-21(14)17(23)13-10-24-16(20-13)11-5-7-12(18)8-6-11/h5-8,10,14H,2-4,9H2,1H3,(H,19,22)/t14-/m0/s1. The summed E-state index contributed by atoms with van der Waals surface area (Å²) >= 11 is 1.33. The number of rotatable bonds is 3. The number of nitrogens with zero attached hydrogens (tertiary/aromatic N) is 2. The van der Waals surface area contributed by atoms with E-state index in [9.17, 15) is 14.0 Å². The van der Waals surface area contributed by atoms with Crippen LogP contribution in [0.4, 0.5) is 4.39 Å². The van der Waals surface area contributed by atoms with Crippen molar-refractivity contribution in [1.29, 1.82) is 0 Å². The van der Waals surface area contributed by atoms with E-state index in [1.54, 1.807) is 29.5 Å². The van der Waals surface area contributed by atoms with Crippen molar-refractivity contribution in [2.24, 2.45) is 0 Å². The third kappa shape index (κ3) is 3.31. The normalized spacial score (nSPS) is 17.6. The summed E-state index contributed by atoms with van der Waals surface area (Å²) in [6.45, 7) is 0.556. The molecule has 5 nitrogen and oxygen atoms in total. The molecule has 2 amide bonds. The highest BCUT2D eigenvalue weighted by Crippen LogP contribution is 2.26. The molecule has 0 bridgehead atoms. The van der Waals surface area contributed by atoms with Crippen LogP contribution in [0.25, 0.3) is 10.6 Å². The molecule has 1 saturated heterocycles. The second-order valence-corrected chi connectivity index (χ2v) is 6.53. The number of carbonyl (C=O) groups excluding carboxylic acids is 2. The molecule has 7 heteroatoms. The first kappa shape index (κ1) is 16.6. The van der Waals surface area contributed by atoms with E-state index in [0.29, 0.717) is 23.7 Å². The number of carbonyl (C=O) groups is 2. The topological polar surface area (TPSA) is 62.3 Å². The first-order valence-corrected chi connectivity index (χ1v) is 8.72. The molecule has 2 heterocycles. The Labute approximate surface area is 143 Å². The van der Waals surface area contributed by atoms with Gasteiger partial charge in [-0.1, -0.05) is 0 Å². The Bertz CT molecular complexity index is 745. The predicted molar refractivity (Wildman–Crippen MR) is 90.3 cm³/mol. The molecular formula is C17H18FN3O2S. The van der Waals surface area contributed by atoms with Crippen LogP contribution in [-0.4, -0.2) is 41.3 Å². The van der Waals surface area contributed by atoms with Crippen molar-refractivity contribution in [3.05, 3.63) is 41.2 Å². The van der Waals surface area contributed by atoms with Crippen molar-refractivity contribution >= 4 is 23.2 Å². The van der Waals surface area contributed by atoms with Gasteiger partial charge in [0.2, 0.25) is 5.91 Å². The van der Waals surface area contributed by atoms with E-state index >= 15 is 0 Å². The molecule has 1 aliphatic heterocycles. The zero-order valence-electron chi connectivity index (χ0n) is 13.3. The summed E-state index contributed by atoms with van der Waals surface area (Å²) in [7, 11) is 1.58. The minimum atomic E-state index is -0.438. The van der Waals surface area contributed by atoms with E-state index in [1.165, 1.54) is 23.5 Å². The molecule has 0 spiro atoms. The number of halogens is 1. The van der Waals surface area contributed by atoms with Gasteiger partial charge in [0, 0.05) is 24.5 Å². The van der Waals surface area contributed by atoms with E-state index < -0.39 is 6.04 Å². The molecule has 3 rings (SSSR count). The molecule has 1 N–H and O–H groups in total. The van der Waals surface area contributed by atoms with Crippen LogP contribution in [0.2, 0.25) is 0 Å². The van der Waals surface area contributed by atoms with Gasteiger partial charge in [0.05, 0.1) is 0 Å². The number of likely N-dealkylation sites (N-methyl/N-ethyl adjacent to an activating group) is 1. The molecule has 24 heavy (non-hydrogen) atoms. The van der Waals surface area contributed by atoms with Crippen molar-refractivity contribution in [1.82, 2.24) is 15.2 Å². The third-order valence-electron chi connectivity index (χ3n) is 4.13. The summed E-state index contributed by atoms with van der Waals surface area (Å²) < 4.78 is 13.0. The summed E-state index contributed by atoms with van der Waals surface area (Å²) in [5.74, 6) is -0.682. The fourth-order valence-electron chi connectivity index (χ4n) is 2.86. The molecule has 0 aliphatic carbocycles. The van der Waals surface area contributed by atoms with Crippen LogP contribution < -0.4 is 5.32 Å². The average Bonchev–Trinajstić information content (AvgIpc) is 3.11. The van der Waals surface area contributed by atoms with Crippen LogP contribution in [-0.2, 0) is 4.79 Å². The van der Waals surface area contributed by atoms with Gasteiger partial charge in [-0.15, -0.1) is 11.3 Å². The van der Waals surface area contributed by atoms with Crippen molar-refractivity contribution in [2.75, 3.05) is 13.6 Å². The van der Waals surface area contributed by atoms with Crippen LogP contribution in [0.15, 0.2) is 29.6 Å². The van der Waals surface area contributed by atoms with E-state index in [0.717, 1.165) is 18.4 Å². The fourth-order valence-corrected chi connectivity index (χ4v) is 3.66. The Balaban J connectivity index is 1.82. The van der Waals surface area contributed by atoms with Crippen LogP contribution >= 0.6 is 11.3 Å². The maximum atomic E-state index is 13.0. The van der Waals surface area contributed by atoms with Crippen LogP contribution in [0, 0.1) is 5.82 Å². The molecule has 2 aromatic rings. The van der Waals surface area contributed by atoms with Gasteiger partial charge in [-0.05, 0) is 43.5 Å². The SMILES string of the molecule is CNC(=O)[C@@H]1CCCCN1C(=O)c1csc(-c2ccc(F)cc2)n1. The lowest BCUT2D eigenvalue weighted by Gasteiger charge is -2.33. The largest absolute Gasteiger partial charge is 0.357 e. The number of thiazole rings is 1. The number of piperidine rings is 1. The molecule has 1 fully saturated rings. The molecule has 0 unspecified atom stereocenters. The highest BCUT2D eigenvalue weighted by molar-refractivity contribution is 7.13. The van der Waals surface area contributed by atoms with Crippen molar-refractivity contribution < 1.29 is 14.0 Å². The Hall–Kier alpha value is -2.28. The average molecular weight is 347 g/mol. The van der Waals surface area contributed by atoms with Gasteiger partial charge in [-0.25, -0.2) is 9.37 Å². The van der Waals surface area contributed by atoms with Crippen molar-refractivity contribution in [2.45, 2.75) is 25.3 Å². The van der Waals surface area contributed by atoms with E-state index in [4.69, 9.17) is 0 Å². The van der Waals surface area contributed by atoms with Gasteiger partial charge in [0.25, 0.3) is 5.91 Å². The number of hydrogen-bond acceptors (Lipinski definition) is 4. The van der Waals surface area contributed by atoms with E-state index in [2.05, 4.69) is 10.3 Å². The number of nitrogens with one attached hydrogen (secondary N) is 1. The number of likely N-dealkylation sites (tertiary alicyclic amines) is 1. The molecule has 1 aromatic carbocycles. The summed E-state index contributed by atoms with van der Waals surface area (Å²) in [6, 6.07) is 5.56. The highest BCUT2D eigenvalue weighted by atomic mass is 32.1. The lowest BCUT2D eigenvalue weighted by atomic mass is 10.0. The van der Waals surface area contributed by atoms with Gasteiger partial charge in [0.1, 0.15) is 22.6 Å². The highest BCUT2D eigenvalue weighted by Gasteiger charge is 2.33. The molecule has 1 aromatic heterocycles. The Morgan fingerprint density at radius 2 is 2.04 bits per heavy atom. The first-order chi connectivity index (χ1) is 11.6. The predicted octanol–water partition coefficient (Wildman–Crippen LogP) is 2.69. The molecule has 1 atom stereocenters. The monoisotopic (exact) mass is 347 g/mol. The molecular weight excluding hydrogens is 329 g/mol. The fraction of sp³-hybridized carbons (Fsp3) is 0.353. The zero-order valence-corrected chi connectivity index (χ0v) is 14.1. The summed E-state index contributed by atoms with van der Waals surface area (Å²) in [4.78, 5) is 30.8. The molecule has 0 radical (unpaired) electrons. The van der Waals surface area contributed by atoms with Crippen molar-refractivity contribution in [3.63, 3.8) is 0 Å². The molecule has 0 saturated carbocycles. The maximum absolute atomic E-state index is 13.0. The van der Waals surface area contributed by atoms with Gasteiger partial charge < -0.3 is 10.2 Å². The van der Waals surface area contributed by atoms with Crippen molar-refractivity contribution in [3.8, 4) is 10.6 Å². The van der Waals surface area contributed by atoms with Gasteiger partial charge >= 0.3 is 0 Å². The molecule has 1 aliphatic rings.